The van der Waals surface area contributed by atoms with Gasteiger partial charge in [-0.15, -0.1) is 0 Å². The lowest BCUT2D eigenvalue weighted by atomic mass is 10.2. The van der Waals surface area contributed by atoms with Crippen LogP contribution in [0, 0.1) is 0 Å². The molecule has 0 bridgehead atoms. The highest BCUT2D eigenvalue weighted by Gasteiger charge is 2.18. The maximum atomic E-state index is 11.2. The molecule has 0 fully saturated rings. The number of benzene rings is 1. The molecule has 3 heteroatoms. The molecule has 2 rings (SSSR count). The van der Waals surface area contributed by atoms with E-state index in [-0.39, 0.29) is 0 Å². The van der Waals surface area contributed by atoms with Gasteiger partial charge in [0, 0.05) is 5.41 Å². The van der Waals surface area contributed by atoms with Crippen LogP contribution in [0.15, 0.2) is 34.6 Å². The van der Waals surface area contributed by atoms with Crippen molar-refractivity contribution in [2.45, 2.75) is 25.2 Å². The molecule has 0 saturated heterocycles. The van der Waals surface area contributed by atoms with Crippen molar-refractivity contribution in [3.05, 3.63) is 35.2 Å². The van der Waals surface area contributed by atoms with Crippen LogP contribution in [0.5, 0.6) is 0 Å². The van der Waals surface area contributed by atoms with Gasteiger partial charge in [-0.25, -0.2) is 8.42 Å². The van der Waals surface area contributed by atoms with Crippen molar-refractivity contribution in [1.82, 2.24) is 0 Å². The molecule has 1 aliphatic rings. The van der Waals surface area contributed by atoms with Gasteiger partial charge in [0.15, 0.2) is 9.84 Å². The van der Waals surface area contributed by atoms with Crippen molar-refractivity contribution >= 4 is 15.9 Å². The van der Waals surface area contributed by atoms with E-state index in [1.165, 1.54) is 11.8 Å². The van der Waals surface area contributed by atoms with E-state index in [1.807, 2.05) is 6.07 Å². The van der Waals surface area contributed by atoms with E-state index in [4.69, 9.17) is 0 Å². The molecule has 1 aromatic carbocycles. The Kier molecular flexibility index (Phi) is 3.47. The second kappa shape index (κ2) is 4.42. The molecule has 0 saturated carbocycles. The lowest BCUT2D eigenvalue weighted by Crippen LogP contribution is -1.91. The first kappa shape index (κ1) is 11.0. The van der Waals surface area contributed by atoms with Gasteiger partial charge in [-0.3, -0.25) is 0 Å². The Balaban J connectivity index is 0.000000293. The van der Waals surface area contributed by atoms with Crippen molar-refractivity contribution in [2.75, 3.05) is 0 Å². The van der Waals surface area contributed by atoms with Crippen molar-refractivity contribution < 1.29 is 8.42 Å². The Bertz CT molecular complexity index is 430. The van der Waals surface area contributed by atoms with Gasteiger partial charge in [-0.1, -0.05) is 38.5 Å². The lowest BCUT2D eigenvalue weighted by molar-refractivity contribution is 0.605. The Labute approximate surface area is 85.2 Å². The first-order valence-corrected chi connectivity index (χ1v) is 6.18. The molecule has 76 valence electrons. The highest BCUT2D eigenvalue weighted by atomic mass is 32.2. The SMILES string of the molecule is CCC.O=S1(=O)C=Cc2ccccc21. The Morgan fingerprint density at radius 3 is 2.29 bits per heavy atom. The molecule has 1 aromatic rings. The molecule has 0 atom stereocenters. The van der Waals surface area contributed by atoms with Crippen LogP contribution in [-0.4, -0.2) is 8.42 Å². The van der Waals surface area contributed by atoms with E-state index >= 15 is 0 Å². The number of fused-ring (bicyclic) bond motifs is 1. The van der Waals surface area contributed by atoms with Gasteiger partial charge in [0.05, 0.1) is 4.90 Å². The van der Waals surface area contributed by atoms with Gasteiger partial charge in [0.2, 0.25) is 0 Å². The summed E-state index contributed by atoms with van der Waals surface area (Å²) in [5.74, 6) is 0. The monoisotopic (exact) mass is 210 g/mol. The molecule has 0 radical (unpaired) electrons. The van der Waals surface area contributed by atoms with Gasteiger partial charge in [-0.2, -0.15) is 0 Å². The summed E-state index contributed by atoms with van der Waals surface area (Å²) >= 11 is 0. The summed E-state index contributed by atoms with van der Waals surface area (Å²) in [7, 11) is -3.09. The molecule has 0 aromatic heterocycles. The highest BCUT2D eigenvalue weighted by Crippen LogP contribution is 2.25. The molecule has 0 aliphatic carbocycles. The standard InChI is InChI=1S/C8H6O2S.C3H8/c9-11(10)6-5-7-3-1-2-4-8(7)11;1-3-2/h1-6H;3H2,1-2H3. The minimum Gasteiger partial charge on any atom is -0.219 e. The van der Waals surface area contributed by atoms with Crippen LogP contribution in [0.2, 0.25) is 0 Å². The molecular weight excluding hydrogens is 196 g/mol. The average molecular weight is 210 g/mol. The van der Waals surface area contributed by atoms with Gasteiger partial charge in [-0.05, 0) is 17.7 Å². The highest BCUT2D eigenvalue weighted by molar-refractivity contribution is 7.94. The topological polar surface area (TPSA) is 34.1 Å². The van der Waals surface area contributed by atoms with Gasteiger partial charge >= 0.3 is 0 Å². The summed E-state index contributed by atoms with van der Waals surface area (Å²) in [6.45, 7) is 4.25. The van der Waals surface area contributed by atoms with Crippen molar-refractivity contribution in [3.8, 4) is 0 Å². The number of hydrogen-bond donors (Lipinski definition) is 0. The third-order valence-corrected chi connectivity index (χ3v) is 3.13. The van der Waals surface area contributed by atoms with Crippen LogP contribution in [-0.2, 0) is 9.84 Å². The van der Waals surface area contributed by atoms with E-state index in [1.54, 1.807) is 24.3 Å². The second-order valence-electron chi connectivity index (χ2n) is 3.09. The van der Waals surface area contributed by atoms with Crippen molar-refractivity contribution in [1.29, 1.82) is 0 Å². The van der Waals surface area contributed by atoms with Crippen LogP contribution in [0.4, 0.5) is 0 Å². The Morgan fingerprint density at radius 1 is 1.14 bits per heavy atom. The molecule has 1 heterocycles. The third-order valence-electron chi connectivity index (χ3n) is 1.65. The Hall–Kier alpha value is -1.09. The zero-order valence-corrected chi connectivity index (χ0v) is 9.21. The van der Waals surface area contributed by atoms with Crippen LogP contribution in [0.1, 0.15) is 25.8 Å². The lowest BCUT2D eigenvalue weighted by Gasteiger charge is -1.94. The minimum absolute atomic E-state index is 0.417. The van der Waals surface area contributed by atoms with Crippen LogP contribution in [0.3, 0.4) is 0 Å². The normalized spacial score (nSPS) is 15.6. The summed E-state index contributed by atoms with van der Waals surface area (Å²) in [6, 6.07) is 6.95. The molecule has 14 heavy (non-hydrogen) atoms. The van der Waals surface area contributed by atoms with Gasteiger partial charge < -0.3 is 0 Å². The molecule has 0 N–H and O–H groups in total. The summed E-state index contributed by atoms with van der Waals surface area (Å²) in [5, 5.41) is 1.23. The molecule has 0 unspecified atom stereocenters. The number of hydrogen-bond acceptors (Lipinski definition) is 2. The number of rotatable bonds is 0. The van der Waals surface area contributed by atoms with E-state index in [9.17, 15) is 8.42 Å². The van der Waals surface area contributed by atoms with E-state index in [2.05, 4.69) is 13.8 Å². The molecule has 0 spiro atoms. The maximum Gasteiger partial charge on any atom is 0.200 e. The molecule has 0 amide bonds. The predicted octanol–water partition coefficient (Wildman–Crippen LogP) is 2.86. The summed E-state index contributed by atoms with van der Waals surface area (Å²) < 4.78 is 22.3. The minimum atomic E-state index is -3.09. The third kappa shape index (κ3) is 2.23. The van der Waals surface area contributed by atoms with Gasteiger partial charge in [0.1, 0.15) is 0 Å². The first-order chi connectivity index (χ1) is 6.61. The molecular formula is C11H14O2S. The smallest absolute Gasteiger partial charge is 0.200 e. The summed E-state index contributed by atoms with van der Waals surface area (Å²) in [5.41, 5.74) is 0.785. The first-order valence-electron chi connectivity index (χ1n) is 4.64. The quantitative estimate of drug-likeness (QED) is 0.660. The summed E-state index contributed by atoms with van der Waals surface area (Å²) in [4.78, 5) is 0.417. The average Bonchev–Trinajstić information content (AvgIpc) is 2.45. The largest absolute Gasteiger partial charge is 0.219 e. The van der Waals surface area contributed by atoms with Crippen LogP contribution >= 0.6 is 0 Å². The fourth-order valence-corrected chi connectivity index (χ4v) is 2.32. The van der Waals surface area contributed by atoms with Crippen molar-refractivity contribution in [3.63, 3.8) is 0 Å². The molecule has 2 nitrogen and oxygen atoms in total. The van der Waals surface area contributed by atoms with Crippen molar-refractivity contribution in [2.24, 2.45) is 0 Å². The predicted molar refractivity (Wildman–Crippen MR) is 58.6 cm³/mol. The van der Waals surface area contributed by atoms with Gasteiger partial charge in [0.25, 0.3) is 0 Å². The van der Waals surface area contributed by atoms with Crippen LogP contribution < -0.4 is 0 Å². The van der Waals surface area contributed by atoms with E-state index < -0.39 is 9.84 Å². The zero-order valence-electron chi connectivity index (χ0n) is 8.40. The zero-order chi connectivity index (χ0) is 10.6. The fourth-order valence-electron chi connectivity index (χ4n) is 1.11. The molecule has 1 aliphatic heterocycles. The number of sulfone groups is 1. The summed E-state index contributed by atoms with van der Waals surface area (Å²) in [6.07, 6.45) is 2.87. The maximum absolute atomic E-state index is 11.2. The second-order valence-corrected chi connectivity index (χ2v) is 4.89. The Morgan fingerprint density at radius 2 is 1.71 bits per heavy atom. The van der Waals surface area contributed by atoms with Crippen LogP contribution in [0.25, 0.3) is 6.08 Å². The van der Waals surface area contributed by atoms with E-state index in [0.717, 1.165) is 5.56 Å². The fraction of sp³-hybridized carbons (Fsp3) is 0.273. The van der Waals surface area contributed by atoms with E-state index in [0.29, 0.717) is 4.90 Å².